The van der Waals surface area contributed by atoms with Gasteiger partial charge in [0.25, 0.3) is 0 Å². The molecule has 104 valence electrons. The van der Waals surface area contributed by atoms with Crippen molar-refractivity contribution in [2.24, 2.45) is 5.73 Å². The van der Waals surface area contributed by atoms with E-state index in [1.807, 2.05) is 6.92 Å². The highest BCUT2D eigenvalue weighted by Gasteiger charge is 2.09. The van der Waals surface area contributed by atoms with Gasteiger partial charge in [-0.05, 0) is 58.7 Å². The lowest BCUT2D eigenvalue weighted by atomic mass is 10.1. The second-order valence-electron chi connectivity index (χ2n) is 4.37. The van der Waals surface area contributed by atoms with Crippen LogP contribution in [0.15, 0.2) is 34.8 Å². The molecule has 0 saturated heterocycles. The molecule has 0 fully saturated rings. The molecule has 0 aliphatic heterocycles. The number of benzene rings is 2. The SMILES string of the molecule is Cc1cc(Br)c(F)cc1Nc1cc(C(N)=O)ccc1N. The van der Waals surface area contributed by atoms with Gasteiger partial charge in [0.1, 0.15) is 5.82 Å². The van der Waals surface area contributed by atoms with Gasteiger partial charge >= 0.3 is 0 Å². The largest absolute Gasteiger partial charge is 0.397 e. The predicted molar refractivity (Wildman–Crippen MR) is 81.5 cm³/mol. The zero-order valence-electron chi connectivity index (χ0n) is 10.7. The van der Waals surface area contributed by atoms with E-state index in [1.165, 1.54) is 18.2 Å². The lowest BCUT2D eigenvalue weighted by Crippen LogP contribution is -2.11. The second-order valence-corrected chi connectivity index (χ2v) is 5.23. The molecule has 2 aromatic carbocycles. The first kappa shape index (κ1) is 14.3. The Bertz CT molecular complexity index is 688. The molecule has 0 atom stereocenters. The van der Waals surface area contributed by atoms with Gasteiger partial charge in [-0.2, -0.15) is 0 Å². The third kappa shape index (κ3) is 2.91. The number of hydrogen-bond acceptors (Lipinski definition) is 3. The molecule has 0 unspecified atom stereocenters. The summed E-state index contributed by atoms with van der Waals surface area (Å²) in [5, 5.41) is 3.01. The van der Waals surface area contributed by atoms with Crippen molar-refractivity contribution in [3.63, 3.8) is 0 Å². The Morgan fingerprint density at radius 1 is 1.25 bits per heavy atom. The summed E-state index contributed by atoms with van der Waals surface area (Å²) in [5.74, 6) is -0.936. The van der Waals surface area contributed by atoms with E-state index in [9.17, 15) is 9.18 Å². The van der Waals surface area contributed by atoms with Crippen LogP contribution < -0.4 is 16.8 Å². The Morgan fingerprint density at radius 2 is 1.95 bits per heavy atom. The minimum Gasteiger partial charge on any atom is -0.397 e. The van der Waals surface area contributed by atoms with E-state index >= 15 is 0 Å². The lowest BCUT2D eigenvalue weighted by molar-refractivity contribution is 0.100. The maximum absolute atomic E-state index is 13.6. The van der Waals surface area contributed by atoms with E-state index in [1.54, 1.807) is 12.1 Å². The van der Waals surface area contributed by atoms with Crippen LogP contribution >= 0.6 is 15.9 Å². The van der Waals surface area contributed by atoms with Gasteiger partial charge in [0.2, 0.25) is 5.91 Å². The Kier molecular flexibility index (Phi) is 3.94. The summed E-state index contributed by atoms with van der Waals surface area (Å²) in [4.78, 5) is 11.2. The van der Waals surface area contributed by atoms with Crippen LogP contribution in [0.2, 0.25) is 0 Å². The number of carbonyl (C=O) groups is 1. The normalized spacial score (nSPS) is 10.3. The number of hydrogen-bond donors (Lipinski definition) is 3. The summed E-state index contributed by atoms with van der Waals surface area (Å²) in [6.45, 7) is 1.83. The van der Waals surface area contributed by atoms with Crippen molar-refractivity contribution in [2.45, 2.75) is 6.92 Å². The van der Waals surface area contributed by atoms with Crippen LogP contribution in [-0.2, 0) is 0 Å². The molecule has 0 radical (unpaired) electrons. The standard InChI is InChI=1S/C14H13BrFN3O/c1-7-4-9(15)10(16)6-12(7)19-13-5-8(14(18)20)2-3-11(13)17/h2-6,19H,17H2,1H3,(H2,18,20). The molecule has 0 bridgehead atoms. The molecule has 20 heavy (non-hydrogen) atoms. The summed E-state index contributed by atoms with van der Waals surface area (Å²) in [5.41, 5.74) is 13.7. The number of nitrogens with two attached hydrogens (primary N) is 2. The average molecular weight is 338 g/mol. The van der Waals surface area contributed by atoms with Crippen LogP contribution in [0.5, 0.6) is 0 Å². The lowest BCUT2D eigenvalue weighted by Gasteiger charge is -2.13. The van der Waals surface area contributed by atoms with Crippen LogP contribution in [0.25, 0.3) is 0 Å². The highest BCUT2D eigenvalue weighted by atomic mass is 79.9. The number of nitrogens with one attached hydrogen (secondary N) is 1. The number of nitrogen functional groups attached to an aromatic ring is 1. The minimum absolute atomic E-state index is 0.330. The zero-order valence-corrected chi connectivity index (χ0v) is 12.3. The quantitative estimate of drug-likeness (QED) is 0.751. The highest BCUT2D eigenvalue weighted by molar-refractivity contribution is 9.10. The Labute approximate surface area is 124 Å². The van der Waals surface area contributed by atoms with E-state index in [0.29, 0.717) is 27.1 Å². The van der Waals surface area contributed by atoms with Crippen molar-refractivity contribution in [3.05, 3.63) is 51.7 Å². The van der Waals surface area contributed by atoms with Crippen molar-refractivity contribution in [2.75, 3.05) is 11.1 Å². The molecular formula is C14H13BrFN3O. The summed E-state index contributed by atoms with van der Waals surface area (Å²) in [7, 11) is 0. The molecule has 0 aromatic heterocycles. The number of rotatable bonds is 3. The minimum atomic E-state index is -0.549. The van der Waals surface area contributed by atoms with Gasteiger partial charge in [-0.15, -0.1) is 0 Å². The average Bonchev–Trinajstić information content (AvgIpc) is 2.38. The molecule has 0 aliphatic rings. The molecule has 6 heteroatoms. The van der Waals surface area contributed by atoms with Crippen LogP contribution in [0.3, 0.4) is 0 Å². The molecule has 4 nitrogen and oxygen atoms in total. The van der Waals surface area contributed by atoms with E-state index in [0.717, 1.165) is 5.56 Å². The first-order valence-electron chi connectivity index (χ1n) is 5.80. The molecule has 1 amide bonds. The van der Waals surface area contributed by atoms with Gasteiger partial charge in [0.05, 0.1) is 15.8 Å². The number of amides is 1. The Balaban J connectivity index is 2.42. The topological polar surface area (TPSA) is 81.1 Å². The van der Waals surface area contributed by atoms with Crippen LogP contribution in [0.1, 0.15) is 15.9 Å². The molecule has 2 rings (SSSR count). The molecule has 5 N–H and O–H groups in total. The fourth-order valence-electron chi connectivity index (χ4n) is 1.74. The first-order chi connectivity index (χ1) is 9.38. The maximum Gasteiger partial charge on any atom is 0.248 e. The van der Waals surface area contributed by atoms with Gasteiger partial charge in [0, 0.05) is 11.3 Å². The third-order valence-electron chi connectivity index (χ3n) is 2.87. The predicted octanol–water partition coefficient (Wildman–Crippen LogP) is 3.32. The highest BCUT2D eigenvalue weighted by Crippen LogP contribution is 2.29. The number of aryl methyl sites for hydroxylation is 1. The molecule has 0 aliphatic carbocycles. The van der Waals surface area contributed by atoms with Crippen LogP contribution in [-0.4, -0.2) is 5.91 Å². The second kappa shape index (κ2) is 5.50. The molecule has 0 heterocycles. The van der Waals surface area contributed by atoms with Gasteiger partial charge in [0.15, 0.2) is 0 Å². The summed E-state index contributed by atoms with van der Waals surface area (Å²) < 4.78 is 14.0. The van der Waals surface area contributed by atoms with Crippen molar-refractivity contribution >= 4 is 38.9 Å². The van der Waals surface area contributed by atoms with Crippen molar-refractivity contribution in [3.8, 4) is 0 Å². The summed E-state index contributed by atoms with van der Waals surface area (Å²) in [6, 6.07) is 7.67. The third-order valence-corrected chi connectivity index (χ3v) is 3.48. The fourth-order valence-corrected chi connectivity index (χ4v) is 2.20. The van der Waals surface area contributed by atoms with E-state index < -0.39 is 5.91 Å². The Hall–Kier alpha value is -2.08. The molecule has 2 aromatic rings. The first-order valence-corrected chi connectivity index (χ1v) is 6.60. The maximum atomic E-state index is 13.6. The van der Waals surface area contributed by atoms with Crippen molar-refractivity contribution < 1.29 is 9.18 Å². The van der Waals surface area contributed by atoms with E-state index in [2.05, 4.69) is 21.2 Å². The van der Waals surface area contributed by atoms with Crippen molar-refractivity contribution in [1.29, 1.82) is 0 Å². The van der Waals surface area contributed by atoms with E-state index in [-0.39, 0.29) is 5.82 Å². The summed E-state index contributed by atoms with van der Waals surface area (Å²) >= 11 is 3.12. The number of primary amides is 1. The number of carbonyl (C=O) groups excluding carboxylic acids is 1. The van der Waals surface area contributed by atoms with Gasteiger partial charge in [-0.3, -0.25) is 4.79 Å². The monoisotopic (exact) mass is 337 g/mol. The van der Waals surface area contributed by atoms with Gasteiger partial charge in [-0.25, -0.2) is 4.39 Å². The summed E-state index contributed by atoms with van der Waals surface area (Å²) in [6.07, 6.45) is 0. The van der Waals surface area contributed by atoms with Gasteiger partial charge < -0.3 is 16.8 Å². The van der Waals surface area contributed by atoms with E-state index in [4.69, 9.17) is 11.5 Å². The van der Waals surface area contributed by atoms with Crippen molar-refractivity contribution in [1.82, 2.24) is 0 Å². The molecule has 0 saturated carbocycles. The number of halogens is 2. The smallest absolute Gasteiger partial charge is 0.248 e. The van der Waals surface area contributed by atoms with Gasteiger partial charge in [-0.1, -0.05) is 0 Å². The van der Waals surface area contributed by atoms with Crippen LogP contribution in [0, 0.1) is 12.7 Å². The Morgan fingerprint density at radius 3 is 2.60 bits per heavy atom. The fraction of sp³-hybridized carbons (Fsp3) is 0.0714. The number of anilines is 3. The molecule has 0 spiro atoms. The molecular weight excluding hydrogens is 325 g/mol. The van der Waals surface area contributed by atoms with Crippen LogP contribution in [0.4, 0.5) is 21.5 Å². The zero-order chi connectivity index (χ0) is 14.9.